The number of piperidine rings is 1. The Hall–Kier alpha value is -1.04. The molecule has 138 valence electrons. The fraction of sp³-hybridized carbons (Fsp3) is 0.650. The number of amides is 1. The SMILES string of the molecule is CC(CC(=O)Nc1ccccc1CN1CCSCC1)C1CCNCC1. The van der Waals surface area contributed by atoms with E-state index < -0.39 is 0 Å². The van der Waals surface area contributed by atoms with Crippen molar-refractivity contribution in [2.45, 2.75) is 32.7 Å². The highest BCUT2D eigenvalue weighted by atomic mass is 32.2. The Morgan fingerprint density at radius 3 is 2.76 bits per heavy atom. The Balaban J connectivity index is 1.55. The molecule has 1 aromatic rings. The lowest BCUT2D eigenvalue weighted by atomic mass is 9.84. The highest BCUT2D eigenvalue weighted by Gasteiger charge is 2.22. The zero-order chi connectivity index (χ0) is 17.5. The quantitative estimate of drug-likeness (QED) is 0.817. The van der Waals surface area contributed by atoms with Gasteiger partial charge in [-0.15, -0.1) is 0 Å². The lowest BCUT2D eigenvalue weighted by Crippen LogP contribution is -2.33. The van der Waals surface area contributed by atoms with Gasteiger partial charge in [0.25, 0.3) is 0 Å². The average Bonchev–Trinajstić information content (AvgIpc) is 2.65. The van der Waals surface area contributed by atoms with Gasteiger partial charge in [-0.05, 0) is 49.4 Å². The topological polar surface area (TPSA) is 44.4 Å². The second-order valence-corrected chi connectivity index (χ2v) is 8.59. The molecule has 2 fully saturated rings. The van der Waals surface area contributed by atoms with E-state index in [9.17, 15) is 4.79 Å². The van der Waals surface area contributed by atoms with E-state index in [2.05, 4.69) is 34.6 Å². The van der Waals surface area contributed by atoms with Crippen molar-refractivity contribution in [1.82, 2.24) is 10.2 Å². The number of nitrogens with zero attached hydrogens (tertiary/aromatic N) is 1. The molecule has 3 rings (SSSR count). The molecular weight excluding hydrogens is 330 g/mol. The van der Waals surface area contributed by atoms with Crippen molar-refractivity contribution in [3.8, 4) is 0 Å². The maximum absolute atomic E-state index is 12.6. The first-order valence-electron chi connectivity index (χ1n) is 9.61. The molecule has 0 bridgehead atoms. The number of hydrogen-bond donors (Lipinski definition) is 2. The van der Waals surface area contributed by atoms with Crippen LogP contribution in [0.4, 0.5) is 5.69 Å². The molecule has 0 radical (unpaired) electrons. The van der Waals surface area contributed by atoms with Crippen LogP contribution in [-0.4, -0.2) is 48.5 Å². The van der Waals surface area contributed by atoms with Crippen LogP contribution in [-0.2, 0) is 11.3 Å². The molecule has 4 nitrogen and oxygen atoms in total. The van der Waals surface area contributed by atoms with Gasteiger partial charge in [0.2, 0.25) is 5.91 Å². The van der Waals surface area contributed by atoms with Gasteiger partial charge < -0.3 is 10.6 Å². The van der Waals surface area contributed by atoms with E-state index >= 15 is 0 Å². The van der Waals surface area contributed by atoms with E-state index in [0.717, 1.165) is 38.4 Å². The molecule has 0 spiro atoms. The van der Waals surface area contributed by atoms with E-state index in [1.165, 1.54) is 29.9 Å². The van der Waals surface area contributed by atoms with E-state index in [-0.39, 0.29) is 5.91 Å². The van der Waals surface area contributed by atoms with Crippen molar-refractivity contribution in [3.63, 3.8) is 0 Å². The van der Waals surface area contributed by atoms with Gasteiger partial charge in [0.05, 0.1) is 0 Å². The van der Waals surface area contributed by atoms with Crippen LogP contribution < -0.4 is 10.6 Å². The molecule has 0 aliphatic carbocycles. The first-order chi connectivity index (χ1) is 12.2. The fourth-order valence-corrected chi connectivity index (χ4v) is 4.83. The van der Waals surface area contributed by atoms with Crippen molar-refractivity contribution in [1.29, 1.82) is 0 Å². The summed E-state index contributed by atoms with van der Waals surface area (Å²) in [5, 5.41) is 6.59. The van der Waals surface area contributed by atoms with Crippen LogP contribution in [0.2, 0.25) is 0 Å². The third-order valence-corrected chi connectivity index (χ3v) is 6.43. The number of para-hydroxylation sites is 1. The number of thioether (sulfide) groups is 1. The molecule has 1 unspecified atom stereocenters. The van der Waals surface area contributed by atoms with Gasteiger partial charge in [-0.2, -0.15) is 11.8 Å². The Bertz CT molecular complexity index is 554. The van der Waals surface area contributed by atoms with Crippen LogP contribution in [0.3, 0.4) is 0 Å². The third kappa shape index (κ3) is 5.73. The Morgan fingerprint density at radius 1 is 1.28 bits per heavy atom. The van der Waals surface area contributed by atoms with Crippen LogP contribution in [0.25, 0.3) is 0 Å². The molecule has 25 heavy (non-hydrogen) atoms. The molecule has 0 aromatic heterocycles. The van der Waals surface area contributed by atoms with Crippen LogP contribution >= 0.6 is 11.8 Å². The van der Waals surface area contributed by atoms with E-state index in [0.29, 0.717) is 18.3 Å². The summed E-state index contributed by atoms with van der Waals surface area (Å²) in [5.41, 5.74) is 2.22. The van der Waals surface area contributed by atoms with Crippen LogP contribution in [0, 0.1) is 11.8 Å². The zero-order valence-corrected chi connectivity index (χ0v) is 16.1. The van der Waals surface area contributed by atoms with Gasteiger partial charge in [0.15, 0.2) is 0 Å². The molecule has 0 saturated carbocycles. The van der Waals surface area contributed by atoms with E-state index in [1.807, 2.05) is 23.9 Å². The Labute approximate surface area is 156 Å². The zero-order valence-electron chi connectivity index (χ0n) is 15.3. The average molecular weight is 362 g/mol. The molecule has 2 aliphatic rings. The Morgan fingerprint density at radius 2 is 2.00 bits per heavy atom. The number of carbonyl (C=O) groups excluding carboxylic acids is 1. The molecule has 1 amide bonds. The van der Waals surface area contributed by atoms with E-state index in [1.54, 1.807) is 0 Å². The summed E-state index contributed by atoms with van der Waals surface area (Å²) in [5.74, 6) is 3.71. The molecule has 5 heteroatoms. The monoisotopic (exact) mass is 361 g/mol. The molecule has 1 atom stereocenters. The first kappa shape index (κ1) is 18.7. The van der Waals surface area contributed by atoms with Gasteiger partial charge >= 0.3 is 0 Å². The maximum atomic E-state index is 12.6. The largest absolute Gasteiger partial charge is 0.326 e. The fourth-order valence-electron chi connectivity index (χ4n) is 3.85. The molecule has 2 N–H and O–H groups in total. The van der Waals surface area contributed by atoms with E-state index in [4.69, 9.17) is 0 Å². The second kappa shape index (κ2) is 9.60. The predicted molar refractivity (Wildman–Crippen MR) is 107 cm³/mol. The predicted octanol–water partition coefficient (Wildman–Crippen LogP) is 3.20. The number of rotatable bonds is 6. The highest BCUT2D eigenvalue weighted by Crippen LogP contribution is 2.25. The van der Waals surface area contributed by atoms with Crippen LogP contribution in [0.5, 0.6) is 0 Å². The summed E-state index contributed by atoms with van der Waals surface area (Å²) < 4.78 is 0. The number of nitrogens with one attached hydrogen (secondary N) is 2. The lowest BCUT2D eigenvalue weighted by Gasteiger charge is -2.28. The number of hydrogen-bond acceptors (Lipinski definition) is 4. The third-order valence-electron chi connectivity index (χ3n) is 5.49. The summed E-state index contributed by atoms with van der Waals surface area (Å²) in [6.45, 7) is 7.62. The normalized spacial score (nSPS) is 21.0. The smallest absolute Gasteiger partial charge is 0.224 e. The Kier molecular flexibility index (Phi) is 7.20. The summed E-state index contributed by atoms with van der Waals surface area (Å²) in [7, 11) is 0. The minimum Gasteiger partial charge on any atom is -0.326 e. The van der Waals surface area contributed by atoms with Gasteiger partial charge in [-0.25, -0.2) is 0 Å². The van der Waals surface area contributed by atoms with Crippen LogP contribution in [0.15, 0.2) is 24.3 Å². The maximum Gasteiger partial charge on any atom is 0.224 e. The second-order valence-electron chi connectivity index (χ2n) is 7.36. The molecule has 2 heterocycles. The van der Waals surface area contributed by atoms with Gasteiger partial charge in [-0.3, -0.25) is 9.69 Å². The minimum atomic E-state index is 0.160. The van der Waals surface area contributed by atoms with Gasteiger partial charge in [-0.1, -0.05) is 25.1 Å². The highest BCUT2D eigenvalue weighted by molar-refractivity contribution is 7.99. The summed E-state index contributed by atoms with van der Waals surface area (Å²) in [6.07, 6.45) is 3.01. The molecular formula is C20H31N3OS. The van der Waals surface area contributed by atoms with Crippen molar-refractivity contribution < 1.29 is 4.79 Å². The van der Waals surface area contributed by atoms with Crippen molar-refractivity contribution in [2.75, 3.05) is 43.0 Å². The first-order valence-corrected chi connectivity index (χ1v) is 10.8. The van der Waals surface area contributed by atoms with Crippen molar-refractivity contribution in [2.24, 2.45) is 11.8 Å². The number of carbonyl (C=O) groups is 1. The van der Waals surface area contributed by atoms with Gasteiger partial charge in [0, 0.05) is 43.2 Å². The lowest BCUT2D eigenvalue weighted by molar-refractivity contribution is -0.117. The molecule has 2 saturated heterocycles. The summed E-state index contributed by atoms with van der Waals surface area (Å²) in [4.78, 5) is 15.1. The standard InChI is InChI=1S/C20H31N3OS/c1-16(17-6-8-21-9-7-17)14-20(24)22-19-5-3-2-4-18(19)15-23-10-12-25-13-11-23/h2-5,16-17,21H,6-15H2,1H3,(H,22,24). The van der Waals surface area contributed by atoms with Crippen LogP contribution in [0.1, 0.15) is 31.7 Å². The minimum absolute atomic E-state index is 0.160. The van der Waals surface area contributed by atoms with Crippen molar-refractivity contribution in [3.05, 3.63) is 29.8 Å². The van der Waals surface area contributed by atoms with Gasteiger partial charge in [0.1, 0.15) is 0 Å². The summed E-state index contributed by atoms with van der Waals surface area (Å²) in [6, 6.07) is 8.28. The van der Waals surface area contributed by atoms with Crippen molar-refractivity contribution >= 4 is 23.4 Å². The molecule has 1 aromatic carbocycles. The number of benzene rings is 1. The summed E-state index contributed by atoms with van der Waals surface area (Å²) >= 11 is 2.03. The number of anilines is 1. The molecule has 2 aliphatic heterocycles.